The molecule has 0 fully saturated rings. The zero-order valence-corrected chi connectivity index (χ0v) is 12.5. The number of benzene rings is 1. The molecule has 1 aromatic carbocycles. The summed E-state index contributed by atoms with van der Waals surface area (Å²) < 4.78 is 0. The lowest BCUT2D eigenvalue weighted by atomic mass is 9.83. The van der Waals surface area contributed by atoms with E-state index in [4.69, 9.17) is 17.3 Å². The molecule has 18 heavy (non-hydrogen) atoms. The second-order valence-electron chi connectivity index (χ2n) is 5.28. The fraction of sp³-hybridized carbons (Fsp3) is 0.600. The number of hydrogen-bond donors (Lipinski definition) is 1. The molecule has 1 atom stereocenters. The summed E-state index contributed by atoms with van der Waals surface area (Å²) >= 11 is 6.04. The zero-order valence-electron chi connectivity index (χ0n) is 11.7. The molecule has 0 bridgehead atoms. The van der Waals surface area contributed by atoms with Crippen LogP contribution in [0.15, 0.2) is 24.3 Å². The SMILES string of the molecule is CCN(CC)CC(C)(CN)Cc1cccc(Cl)c1. The van der Waals surface area contributed by atoms with E-state index in [2.05, 4.69) is 31.7 Å². The van der Waals surface area contributed by atoms with E-state index >= 15 is 0 Å². The highest BCUT2D eigenvalue weighted by Gasteiger charge is 2.25. The molecule has 102 valence electrons. The van der Waals surface area contributed by atoms with Crippen molar-refractivity contribution in [3.05, 3.63) is 34.9 Å². The average Bonchev–Trinajstić information content (AvgIpc) is 2.36. The topological polar surface area (TPSA) is 29.3 Å². The molecule has 0 aromatic heterocycles. The van der Waals surface area contributed by atoms with E-state index in [1.165, 1.54) is 5.56 Å². The maximum absolute atomic E-state index is 6.04. The predicted octanol–water partition coefficient (Wildman–Crippen LogP) is 3.19. The van der Waals surface area contributed by atoms with Crippen molar-refractivity contribution in [3.8, 4) is 0 Å². The van der Waals surface area contributed by atoms with E-state index in [0.717, 1.165) is 31.1 Å². The van der Waals surface area contributed by atoms with Crippen molar-refractivity contribution < 1.29 is 0 Å². The van der Waals surface area contributed by atoms with Gasteiger partial charge in [0.15, 0.2) is 0 Å². The van der Waals surface area contributed by atoms with Crippen LogP contribution in [0.4, 0.5) is 0 Å². The highest BCUT2D eigenvalue weighted by atomic mass is 35.5. The summed E-state index contributed by atoms with van der Waals surface area (Å²) in [6, 6.07) is 8.08. The van der Waals surface area contributed by atoms with Crippen molar-refractivity contribution in [3.63, 3.8) is 0 Å². The molecule has 0 aliphatic heterocycles. The third-order valence-electron chi connectivity index (χ3n) is 3.51. The first-order valence-corrected chi connectivity index (χ1v) is 7.07. The third-order valence-corrected chi connectivity index (χ3v) is 3.75. The minimum atomic E-state index is 0.108. The quantitative estimate of drug-likeness (QED) is 0.823. The molecule has 0 aliphatic rings. The summed E-state index contributed by atoms with van der Waals surface area (Å²) in [5.41, 5.74) is 7.37. The largest absolute Gasteiger partial charge is 0.330 e. The van der Waals surface area contributed by atoms with Gasteiger partial charge in [-0.15, -0.1) is 0 Å². The molecule has 2 N–H and O–H groups in total. The number of hydrogen-bond acceptors (Lipinski definition) is 2. The first-order chi connectivity index (χ1) is 8.53. The molecule has 1 aromatic rings. The summed E-state index contributed by atoms with van der Waals surface area (Å²) in [7, 11) is 0. The Balaban J connectivity index is 2.75. The Labute approximate surface area is 116 Å². The van der Waals surface area contributed by atoms with Gasteiger partial charge in [-0.25, -0.2) is 0 Å². The monoisotopic (exact) mass is 268 g/mol. The third kappa shape index (κ3) is 4.60. The van der Waals surface area contributed by atoms with E-state index in [1.807, 2.05) is 18.2 Å². The Bertz CT molecular complexity index is 363. The van der Waals surface area contributed by atoms with Crippen LogP contribution in [0.2, 0.25) is 5.02 Å². The van der Waals surface area contributed by atoms with Gasteiger partial charge in [-0.05, 0) is 49.2 Å². The molecule has 1 unspecified atom stereocenters. The molecular formula is C15H25ClN2. The Morgan fingerprint density at radius 3 is 2.44 bits per heavy atom. The first-order valence-electron chi connectivity index (χ1n) is 6.70. The van der Waals surface area contributed by atoms with Crippen LogP contribution in [-0.4, -0.2) is 31.1 Å². The molecule has 2 nitrogen and oxygen atoms in total. The molecule has 1 rings (SSSR count). The summed E-state index contributed by atoms with van der Waals surface area (Å²) in [6.45, 7) is 10.5. The van der Waals surface area contributed by atoms with E-state index in [-0.39, 0.29) is 5.41 Å². The number of rotatable bonds is 7. The van der Waals surface area contributed by atoms with Crippen LogP contribution in [0.25, 0.3) is 0 Å². The van der Waals surface area contributed by atoms with Crippen molar-refractivity contribution >= 4 is 11.6 Å². The lowest BCUT2D eigenvalue weighted by Gasteiger charge is -2.34. The zero-order chi connectivity index (χ0) is 13.6. The van der Waals surface area contributed by atoms with Gasteiger partial charge in [-0.1, -0.05) is 44.5 Å². The maximum atomic E-state index is 6.04. The smallest absolute Gasteiger partial charge is 0.0408 e. The highest BCUT2D eigenvalue weighted by molar-refractivity contribution is 6.30. The van der Waals surface area contributed by atoms with Gasteiger partial charge in [0, 0.05) is 11.6 Å². The maximum Gasteiger partial charge on any atom is 0.0408 e. The summed E-state index contributed by atoms with van der Waals surface area (Å²) in [6.07, 6.45) is 0.973. The molecule has 0 radical (unpaired) electrons. The second kappa shape index (κ2) is 7.13. The molecule has 0 aliphatic carbocycles. The van der Waals surface area contributed by atoms with Crippen molar-refractivity contribution in [2.24, 2.45) is 11.1 Å². The van der Waals surface area contributed by atoms with Gasteiger partial charge < -0.3 is 10.6 Å². The first kappa shape index (κ1) is 15.5. The summed E-state index contributed by atoms with van der Waals surface area (Å²) in [5.74, 6) is 0. The molecule has 0 heterocycles. The van der Waals surface area contributed by atoms with Crippen LogP contribution < -0.4 is 5.73 Å². The van der Waals surface area contributed by atoms with E-state index in [9.17, 15) is 0 Å². The second-order valence-corrected chi connectivity index (χ2v) is 5.72. The number of halogens is 1. The molecular weight excluding hydrogens is 244 g/mol. The number of nitrogens with two attached hydrogens (primary N) is 1. The molecule has 0 saturated heterocycles. The van der Waals surface area contributed by atoms with Crippen molar-refractivity contribution in [2.45, 2.75) is 27.2 Å². The average molecular weight is 269 g/mol. The van der Waals surface area contributed by atoms with Crippen LogP contribution in [0.1, 0.15) is 26.3 Å². The summed E-state index contributed by atoms with van der Waals surface area (Å²) in [4.78, 5) is 2.43. The van der Waals surface area contributed by atoms with Gasteiger partial charge in [0.05, 0.1) is 0 Å². The molecule has 3 heteroatoms. The Kier molecular flexibility index (Phi) is 6.13. The lowest BCUT2D eigenvalue weighted by Crippen LogP contribution is -2.42. The van der Waals surface area contributed by atoms with Crippen LogP contribution in [0, 0.1) is 5.41 Å². The van der Waals surface area contributed by atoms with Gasteiger partial charge >= 0.3 is 0 Å². The number of nitrogens with zero attached hydrogens (tertiary/aromatic N) is 1. The van der Waals surface area contributed by atoms with Crippen LogP contribution >= 0.6 is 11.6 Å². The van der Waals surface area contributed by atoms with Crippen LogP contribution in [-0.2, 0) is 6.42 Å². The van der Waals surface area contributed by atoms with E-state index < -0.39 is 0 Å². The van der Waals surface area contributed by atoms with Crippen molar-refractivity contribution in [2.75, 3.05) is 26.2 Å². The van der Waals surface area contributed by atoms with Crippen molar-refractivity contribution in [1.29, 1.82) is 0 Å². The Morgan fingerprint density at radius 1 is 1.28 bits per heavy atom. The van der Waals surface area contributed by atoms with Gasteiger partial charge in [-0.2, -0.15) is 0 Å². The van der Waals surface area contributed by atoms with Gasteiger partial charge in [0.25, 0.3) is 0 Å². The Hall–Kier alpha value is -0.570. The lowest BCUT2D eigenvalue weighted by molar-refractivity contribution is 0.181. The van der Waals surface area contributed by atoms with E-state index in [1.54, 1.807) is 0 Å². The van der Waals surface area contributed by atoms with Crippen molar-refractivity contribution in [1.82, 2.24) is 4.90 Å². The van der Waals surface area contributed by atoms with Gasteiger partial charge in [-0.3, -0.25) is 0 Å². The normalized spacial score (nSPS) is 14.8. The van der Waals surface area contributed by atoms with Crippen LogP contribution in [0.3, 0.4) is 0 Å². The minimum Gasteiger partial charge on any atom is -0.330 e. The van der Waals surface area contributed by atoms with Gasteiger partial charge in [0.2, 0.25) is 0 Å². The molecule has 0 amide bonds. The standard InChI is InChI=1S/C15H25ClN2/c1-4-18(5-2)12-15(3,11-17)10-13-7-6-8-14(16)9-13/h6-9H,4-5,10-12,17H2,1-3H3. The fourth-order valence-corrected chi connectivity index (χ4v) is 2.53. The molecule has 0 saturated carbocycles. The summed E-state index contributed by atoms with van der Waals surface area (Å²) in [5, 5.41) is 0.801. The molecule has 0 spiro atoms. The fourth-order valence-electron chi connectivity index (χ4n) is 2.32. The minimum absolute atomic E-state index is 0.108. The predicted molar refractivity (Wildman–Crippen MR) is 80.1 cm³/mol. The van der Waals surface area contributed by atoms with Crippen LogP contribution in [0.5, 0.6) is 0 Å². The Morgan fingerprint density at radius 2 is 1.94 bits per heavy atom. The van der Waals surface area contributed by atoms with Gasteiger partial charge in [0.1, 0.15) is 0 Å². The highest BCUT2D eigenvalue weighted by Crippen LogP contribution is 2.24. The van der Waals surface area contributed by atoms with E-state index in [0.29, 0.717) is 6.54 Å².